The van der Waals surface area contributed by atoms with Crippen LogP contribution < -0.4 is 10.2 Å². The molecule has 142 valence electrons. The summed E-state index contributed by atoms with van der Waals surface area (Å²) in [5.41, 5.74) is 0.467. The molecule has 0 bridgehead atoms. The van der Waals surface area contributed by atoms with Gasteiger partial charge in [-0.25, -0.2) is 14.2 Å². The average Bonchev–Trinajstić information content (AvgIpc) is 2.69. The topological polar surface area (TPSA) is 74.8 Å². The highest BCUT2D eigenvalue weighted by molar-refractivity contribution is 6.04. The first-order valence-corrected chi connectivity index (χ1v) is 8.77. The van der Waals surface area contributed by atoms with Crippen LogP contribution in [-0.2, 0) is 4.74 Å². The number of hydrogen-bond acceptors (Lipinski definition) is 5. The van der Waals surface area contributed by atoms with E-state index in [0.29, 0.717) is 38.5 Å². The van der Waals surface area contributed by atoms with Crippen molar-refractivity contribution in [3.63, 3.8) is 0 Å². The molecule has 2 heterocycles. The molecule has 27 heavy (non-hydrogen) atoms. The molecule has 0 spiro atoms. The van der Waals surface area contributed by atoms with Crippen LogP contribution in [0.15, 0.2) is 42.6 Å². The fraction of sp³-hybridized carbons (Fsp3) is 0.316. The van der Waals surface area contributed by atoms with Gasteiger partial charge in [-0.3, -0.25) is 4.79 Å². The lowest BCUT2D eigenvalue weighted by Gasteiger charge is -2.34. The van der Waals surface area contributed by atoms with Crippen molar-refractivity contribution in [1.29, 1.82) is 0 Å². The summed E-state index contributed by atoms with van der Waals surface area (Å²) in [5.74, 6) is -0.341. The molecule has 8 heteroatoms. The molecule has 1 aromatic carbocycles. The molecular formula is C19H21FN4O3. The molecule has 0 radical (unpaired) electrons. The van der Waals surface area contributed by atoms with E-state index in [2.05, 4.69) is 15.2 Å². The number of hydrogen-bond donors (Lipinski definition) is 1. The van der Waals surface area contributed by atoms with Gasteiger partial charge in [0.1, 0.15) is 11.6 Å². The first-order valence-electron chi connectivity index (χ1n) is 8.77. The summed E-state index contributed by atoms with van der Waals surface area (Å²) < 4.78 is 18.7. The molecule has 2 amide bonds. The normalized spacial score (nSPS) is 14.0. The minimum atomic E-state index is -0.570. The fourth-order valence-electron chi connectivity index (χ4n) is 2.82. The summed E-state index contributed by atoms with van der Waals surface area (Å²) >= 11 is 0. The Kier molecular flexibility index (Phi) is 5.85. The molecule has 1 fully saturated rings. The van der Waals surface area contributed by atoms with Gasteiger partial charge in [0.25, 0.3) is 5.91 Å². The number of nitrogens with zero attached hydrogens (tertiary/aromatic N) is 3. The minimum absolute atomic E-state index is 0.0170. The van der Waals surface area contributed by atoms with Crippen molar-refractivity contribution >= 4 is 23.5 Å². The van der Waals surface area contributed by atoms with Gasteiger partial charge in [0, 0.05) is 26.2 Å². The summed E-state index contributed by atoms with van der Waals surface area (Å²) in [5, 5.41) is 2.64. The van der Waals surface area contributed by atoms with Gasteiger partial charge < -0.3 is 19.9 Å². The Labute approximate surface area is 156 Å². The maximum absolute atomic E-state index is 13.7. The van der Waals surface area contributed by atoms with Crippen LogP contribution in [0.1, 0.15) is 17.3 Å². The smallest absolute Gasteiger partial charge is 0.409 e. The molecule has 0 saturated carbocycles. The monoisotopic (exact) mass is 372 g/mol. The highest BCUT2D eigenvalue weighted by atomic mass is 19.1. The van der Waals surface area contributed by atoms with E-state index in [1.54, 1.807) is 30.0 Å². The van der Waals surface area contributed by atoms with Crippen LogP contribution >= 0.6 is 0 Å². The lowest BCUT2D eigenvalue weighted by atomic mass is 10.2. The minimum Gasteiger partial charge on any atom is -0.450 e. The van der Waals surface area contributed by atoms with Crippen LogP contribution in [0, 0.1) is 5.82 Å². The number of rotatable bonds is 4. The maximum atomic E-state index is 13.7. The number of carbonyl (C=O) groups is 2. The second-order valence-corrected chi connectivity index (χ2v) is 6.01. The third kappa shape index (κ3) is 4.52. The molecular weight excluding hydrogens is 351 g/mol. The predicted octanol–water partition coefficient (Wildman–Crippen LogP) is 2.75. The van der Waals surface area contributed by atoms with Crippen molar-refractivity contribution in [3.05, 3.63) is 54.0 Å². The molecule has 1 aromatic heterocycles. The summed E-state index contributed by atoms with van der Waals surface area (Å²) in [6.45, 7) is 4.56. The number of pyridine rings is 1. The molecule has 1 N–H and O–H groups in total. The highest BCUT2D eigenvalue weighted by Gasteiger charge is 2.22. The SMILES string of the molecule is CCOC(=O)N1CCN(c2ccc(NC(=O)c3ccccc3F)cn2)CC1. The van der Waals surface area contributed by atoms with Crippen molar-refractivity contribution in [1.82, 2.24) is 9.88 Å². The number of amides is 2. The van der Waals surface area contributed by atoms with E-state index in [-0.39, 0.29) is 11.7 Å². The van der Waals surface area contributed by atoms with E-state index in [9.17, 15) is 14.0 Å². The third-order valence-electron chi connectivity index (χ3n) is 4.25. The molecule has 2 aromatic rings. The zero-order valence-electron chi connectivity index (χ0n) is 15.0. The summed E-state index contributed by atoms with van der Waals surface area (Å²) in [4.78, 5) is 32.0. The first kappa shape index (κ1) is 18.6. The molecule has 1 aliphatic heterocycles. The molecule has 3 rings (SSSR count). The summed E-state index contributed by atoms with van der Waals surface area (Å²) in [6, 6.07) is 9.32. The van der Waals surface area contributed by atoms with Gasteiger partial charge in [-0.2, -0.15) is 0 Å². The Morgan fingerprint density at radius 3 is 2.52 bits per heavy atom. The Morgan fingerprint density at radius 2 is 1.89 bits per heavy atom. The number of piperazine rings is 1. The van der Waals surface area contributed by atoms with Gasteiger partial charge in [0.05, 0.1) is 24.1 Å². The van der Waals surface area contributed by atoms with Gasteiger partial charge in [0.2, 0.25) is 0 Å². The molecule has 0 atom stereocenters. The van der Waals surface area contributed by atoms with Crippen molar-refractivity contribution in [2.75, 3.05) is 43.0 Å². The van der Waals surface area contributed by atoms with Gasteiger partial charge in [-0.1, -0.05) is 12.1 Å². The van der Waals surface area contributed by atoms with Crippen molar-refractivity contribution in [2.45, 2.75) is 6.92 Å². The predicted molar refractivity (Wildman–Crippen MR) is 99.4 cm³/mol. The number of aromatic nitrogens is 1. The van der Waals surface area contributed by atoms with E-state index in [1.165, 1.54) is 24.4 Å². The van der Waals surface area contributed by atoms with E-state index in [4.69, 9.17) is 4.74 Å². The number of carbonyl (C=O) groups excluding carboxylic acids is 2. The van der Waals surface area contributed by atoms with E-state index in [0.717, 1.165) is 5.82 Å². The van der Waals surface area contributed by atoms with Crippen LogP contribution in [-0.4, -0.2) is 54.7 Å². The summed E-state index contributed by atoms with van der Waals surface area (Å²) in [7, 11) is 0. The largest absolute Gasteiger partial charge is 0.450 e. The van der Waals surface area contributed by atoms with E-state index < -0.39 is 11.7 Å². The van der Waals surface area contributed by atoms with Crippen molar-refractivity contribution in [2.24, 2.45) is 0 Å². The van der Waals surface area contributed by atoms with Gasteiger partial charge in [0.15, 0.2) is 0 Å². The quantitative estimate of drug-likeness (QED) is 0.893. The van der Waals surface area contributed by atoms with Crippen molar-refractivity contribution < 1.29 is 18.7 Å². The number of benzene rings is 1. The van der Waals surface area contributed by atoms with Crippen LogP contribution in [0.3, 0.4) is 0 Å². The Hall–Kier alpha value is -3.16. The lowest BCUT2D eigenvalue weighted by molar-refractivity contribution is 0.102. The van der Waals surface area contributed by atoms with Crippen LogP contribution in [0.4, 0.5) is 20.7 Å². The number of halogens is 1. The first-order chi connectivity index (χ1) is 13.1. The van der Waals surface area contributed by atoms with Gasteiger partial charge in [-0.05, 0) is 31.2 Å². The fourth-order valence-corrected chi connectivity index (χ4v) is 2.82. The molecule has 0 unspecified atom stereocenters. The average molecular weight is 372 g/mol. The zero-order valence-corrected chi connectivity index (χ0v) is 15.0. The van der Waals surface area contributed by atoms with Crippen LogP contribution in [0.2, 0.25) is 0 Å². The van der Waals surface area contributed by atoms with Crippen molar-refractivity contribution in [3.8, 4) is 0 Å². The Balaban J connectivity index is 1.57. The molecule has 1 saturated heterocycles. The highest BCUT2D eigenvalue weighted by Crippen LogP contribution is 2.17. The number of ether oxygens (including phenoxy) is 1. The van der Waals surface area contributed by atoms with Gasteiger partial charge >= 0.3 is 6.09 Å². The second kappa shape index (κ2) is 8.48. The lowest BCUT2D eigenvalue weighted by Crippen LogP contribution is -2.49. The third-order valence-corrected chi connectivity index (χ3v) is 4.25. The molecule has 1 aliphatic rings. The zero-order chi connectivity index (χ0) is 19.2. The van der Waals surface area contributed by atoms with E-state index >= 15 is 0 Å². The molecule has 0 aliphatic carbocycles. The standard InChI is InChI=1S/C19H21FN4O3/c1-2-27-19(26)24-11-9-23(10-12-24)17-8-7-14(13-21-17)22-18(25)15-5-3-4-6-16(15)20/h3-8,13H,2,9-12H2,1H3,(H,22,25). The van der Waals surface area contributed by atoms with Crippen LogP contribution in [0.25, 0.3) is 0 Å². The second-order valence-electron chi connectivity index (χ2n) is 6.01. The van der Waals surface area contributed by atoms with Gasteiger partial charge in [-0.15, -0.1) is 0 Å². The van der Waals surface area contributed by atoms with Crippen LogP contribution in [0.5, 0.6) is 0 Å². The number of nitrogens with one attached hydrogen (secondary N) is 1. The summed E-state index contributed by atoms with van der Waals surface area (Å²) in [6.07, 6.45) is 1.24. The molecule has 7 nitrogen and oxygen atoms in total. The Morgan fingerprint density at radius 1 is 1.15 bits per heavy atom. The Bertz CT molecular complexity index is 805. The maximum Gasteiger partial charge on any atom is 0.409 e. The number of anilines is 2. The van der Waals surface area contributed by atoms with E-state index in [1.807, 2.05) is 0 Å².